The van der Waals surface area contributed by atoms with Gasteiger partial charge in [-0.25, -0.2) is 14.4 Å². The molecule has 0 bridgehead atoms. The van der Waals surface area contributed by atoms with E-state index in [2.05, 4.69) is 20.4 Å². The first-order valence-corrected chi connectivity index (χ1v) is 11.1. The first-order chi connectivity index (χ1) is 16.7. The van der Waals surface area contributed by atoms with Crippen molar-refractivity contribution in [2.75, 3.05) is 5.32 Å². The number of nitrogens with one attached hydrogen (secondary N) is 1. The number of nitrogens with zero attached hydrogens (tertiary/aromatic N) is 5. The summed E-state index contributed by atoms with van der Waals surface area (Å²) >= 11 is 0. The largest absolute Gasteiger partial charge is 0.433 e. The van der Waals surface area contributed by atoms with Crippen LogP contribution < -0.4 is 10.9 Å². The Bertz CT molecular complexity index is 1470. The van der Waals surface area contributed by atoms with E-state index < -0.39 is 35.7 Å². The topological polar surface area (TPSA) is 94.2 Å². The van der Waals surface area contributed by atoms with E-state index in [0.29, 0.717) is 5.69 Å². The van der Waals surface area contributed by atoms with Gasteiger partial charge in [0.25, 0.3) is 5.56 Å². The number of anilines is 1. The molecular formula is C23H20F4N6O2. The molecule has 0 atom stereocenters. The van der Waals surface area contributed by atoms with Crippen LogP contribution in [0.2, 0.25) is 0 Å². The van der Waals surface area contributed by atoms with E-state index in [-0.39, 0.29) is 28.4 Å². The highest BCUT2D eigenvalue weighted by molar-refractivity contribution is 5.90. The molecule has 12 heteroatoms. The first kappa shape index (κ1) is 22.9. The third kappa shape index (κ3) is 4.47. The van der Waals surface area contributed by atoms with Gasteiger partial charge in [-0.2, -0.15) is 22.8 Å². The maximum Gasteiger partial charge on any atom is 0.433 e. The number of hydrogen-bond donors (Lipinski definition) is 1. The van der Waals surface area contributed by atoms with Crippen molar-refractivity contribution in [3.8, 4) is 0 Å². The number of amides is 1. The zero-order valence-electron chi connectivity index (χ0n) is 18.3. The van der Waals surface area contributed by atoms with Crippen LogP contribution in [0.25, 0.3) is 16.7 Å². The second-order valence-corrected chi connectivity index (χ2v) is 8.54. The molecule has 35 heavy (non-hydrogen) atoms. The number of carbonyl (C=O) groups excluding carboxylic acids is 1. The van der Waals surface area contributed by atoms with Crippen LogP contribution in [0, 0.1) is 5.82 Å². The van der Waals surface area contributed by atoms with Crippen molar-refractivity contribution in [3.05, 3.63) is 64.1 Å². The van der Waals surface area contributed by atoms with Gasteiger partial charge in [0.05, 0.1) is 17.3 Å². The van der Waals surface area contributed by atoms with Crippen LogP contribution in [0.3, 0.4) is 0 Å². The predicted molar refractivity (Wildman–Crippen MR) is 118 cm³/mol. The third-order valence-electron chi connectivity index (χ3n) is 6.15. The molecule has 1 aliphatic carbocycles. The smallest absolute Gasteiger partial charge is 0.309 e. The molecule has 0 radical (unpaired) electrons. The number of hydrogen-bond acceptors (Lipinski definition) is 5. The Labute approximate surface area is 195 Å². The Morgan fingerprint density at radius 1 is 1.11 bits per heavy atom. The molecule has 4 aromatic heterocycles. The number of alkyl halides is 3. The van der Waals surface area contributed by atoms with Gasteiger partial charge in [0.15, 0.2) is 5.65 Å². The van der Waals surface area contributed by atoms with Crippen molar-refractivity contribution < 1.29 is 22.4 Å². The summed E-state index contributed by atoms with van der Waals surface area (Å²) in [5.74, 6) is -0.997. The normalized spacial score (nSPS) is 15.1. The van der Waals surface area contributed by atoms with E-state index in [9.17, 15) is 27.2 Å². The lowest BCUT2D eigenvalue weighted by Gasteiger charge is -2.19. The highest BCUT2D eigenvalue weighted by Gasteiger charge is 2.33. The molecule has 1 fully saturated rings. The average Bonchev–Trinajstić information content (AvgIpc) is 3.28. The lowest BCUT2D eigenvalue weighted by Crippen LogP contribution is -2.30. The Morgan fingerprint density at radius 2 is 1.89 bits per heavy atom. The number of fused-ring (bicyclic) bond motifs is 3. The van der Waals surface area contributed by atoms with Crippen LogP contribution in [0.1, 0.15) is 49.4 Å². The van der Waals surface area contributed by atoms with E-state index in [1.165, 1.54) is 10.6 Å². The van der Waals surface area contributed by atoms with Gasteiger partial charge in [-0.05, 0) is 37.1 Å². The molecule has 1 saturated carbocycles. The Hall–Kier alpha value is -3.83. The molecule has 4 heterocycles. The zero-order chi connectivity index (χ0) is 24.7. The van der Waals surface area contributed by atoms with Crippen LogP contribution >= 0.6 is 0 Å². The van der Waals surface area contributed by atoms with E-state index in [0.717, 1.165) is 61.1 Å². The fourth-order valence-corrected chi connectivity index (χ4v) is 4.45. The quantitative estimate of drug-likeness (QED) is 0.433. The number of halogens is 4. The van der Waals surface area contributed by atoms with Crippen molar-refractivity contribution in [1.29, 1.82) is 0 Å². The monoisotopic (exact) mass is 488 g/mol. The van der Waals surface area contributed by atoms with E-state index >= 15 is 0 Å². The molecule has 1 amide bonds. The minimum Gasteiger partial charge on any atom is -0.309 e. The minimum atomic E-state index is -4.70. The highest BCUT2D eigenvalue weighted by atomic mass is 19.4. The summed E-state index contributed by atoms with van der Waals surface area (Å²) in [7, 11) is 0. The molecule has 8 nitrogen and oxygen atoms in total. The molecule has 1 N–H and O–H groups in total. The fourth-order valence-electron chi connectivity index (χ4n) is 4.45. The summed E-state index contributed by atoms with van der Waals surface area (Å²) in [6.45, 7) is -0.450. The third-order valence-corrected chi connectivity index (χ3v) is 6.15. The molecule has 0 spiro atoms. The highest BCUT2D eigenvalue weighted by Crippen LogP contribution is 2.33. The first-order valence-electron chi connectivity index (χ1n) is 11.1. The Kier molecular flexibility index (Phi) is 5.73. The van der Waals surface area contributed by atoms with Crippen LogP contribution in [-0.4, -0.2) is 30.1 Å². The SMILES string of the molecule is O=C(Cn1c(=O)c2ccc(C(F)(F)F)nc2n2nc(C3CCCCC3)cc12)Nc1ccc(F)cn1. The van der Waals surface area contributed by atoms with Crippen molar-refractivity contribution in [2.24, 2.45) is 0 Å². The zero-order valence-corrected chi connectivity index (χ0v) is 18.3. The van der Waals surface area contributed by atoms with Gasteiger partial charge in [-0.15, -0.1) is 0 Å². The molecule has 0 unspecified atom stereocenters. The van der Waals surface area contributed by atoms with Crippen LogP contribution in [0.15, 0.2) is 41.3 Å². The molecule has 182 valence electrons. The van der Waals surface area contributed by atoms with Crippen molar-refractivity contribution >= 4 is 28.4 Å². The van der Waals surface area contributed by atoms with Gasteiger partial charge in [0.1, 0.15) is 29.5 Å². The van der Waals surface area contributed by atoms with E-state index in [1.807, 2.05) is 0 Å². The number of carbonyl (C=O) groups is 1. The van der Waals surface area contributed by atoms with Crippen LogP contribution in [-0.2, 0) is 17.5 Å². The summed E-state index contributed by atoms with van der Waals surface area (Å²) in [5, 5.41) is 6.92. The van der Waals surface area contributed by atoms with Gasteiger partial charge in [0.2, 0.25) is 5.91 Å². The summed E-state index contributed by atoms with van der Waals surface area (Å²) in [6, 6.07) is 5.82. The number of aromatic nitrogens is 5. The predicted octanol–water partition coefficient (Wildman–Crippen LogP) is 4.28. The summed E-state index contributed by atoms with van der Waals surface area (Å²) in [5.41, 5.74) is -1.23. The summed E-state index contributed by atoms with van der Waals surface area (Å²) in [6.07, 6.45) is 1.12. The molecule has 5 rings (SSSR count). The molecule has 4 aromatic rings. The van der Waals surface area contributed by atoms with Crippen molar-refractivity contribution in [3.63, 3.8) is 0 Å². The molecule has 1 aliphatic rings. The lowest BCUT2D eigenvalue weighted by atomic mass is 9.87. The maximum absolute atomic E-state index is 13.3. The summed E-state index contributed by atoms with van der Waals surface area (Å²) < 4.78 is 55.5. The van der Waals surface area contributed by atoms with E-state index in [1.54, 1.807) is 6.07 Å². The maximum atomic E-state index is 13.3. The lowest BCUT2D eigenvalue weighted by molar-refractivity contribution is -0.141. The number of pyridine rings is 2. The van der Waals surface area contributed by atoms with Crippen LogP contribution in [0.5, 0.6) is 0 Å². The molecule has 0 saturated heterocycles. The van der Waals surface area contributed by atoms with Crippen LogP contribution in [0.4, 0.5) is 23.4 Å². The summed E-state index contributed by atoms with van der Waals surface area (Å²) in [4.78, 5) is 33.4. The average molecular weight is 488 g/mol. The standard InChI is InChI=1S/C23H20F4N6O2/c24-14-6-9-18(28-11-14)30-19(34)12-32-20-10-16(13-4-2-1-3-5-13)31-33(20)21-15(22(32)35)7-8-17(29-21)23(25,26)27/h6-11,13H,1-5,12H2,(H,28,30,34). The Morgan fingerprint density at radius 3 is 2.57 bits per heavy atom. The molecule has 0 aliphatic heterocycles. The fraction of sp³-hybridized carbons (Fsp3) is 0.348. The molecular weight excluding hydrogens is 468 g/mol. The minimum absolute atomic E-state index is 0.0918. The Balaban J connectivity index is 1.63. The van der Waals surface area contributed by atoms with Crippen molar-refractivity contribution in [2.45, 2.75) is 50.7 Å². The van der Waals surface area contributed by atoms with E-state index in [4.69, 9.17) is 0 Å². The second-order valence-electron chi connectivity index (χ2n) is 8.54. The van der Waals surface area contributed by atoms with Gasteiger partial charge >= 0.3 is 6.18 Å². The van der Waals surface area contributed by atoms with Gasteiger partial charge in [-0.3, -0.25) is 14.2 Å². The van der Waals surface area contributed by atoms with Gasteiger partial charge in [0, 0.05) is 12.0 Å². The number of rotatable bonds is 4. The van der Waals surface area contributed by atoms with Gasteiger partial charge < -0.3 is 5.32 Å². The van der Waals surface area contributed by atoms with Gasteiger partial charge in [-0.1, -0.05) is 19.3 Å². The molecule has 0 aromatic carbocycles. The second kappa shape index (κ2) is 8.75. The van der Waals surface area contributed by atoms with Crippen molar-refractivity contribution in [1.82, 2.24) is 24.1 Å².